The first-order valence-electron chi connectivity index (χ1n) is 9.80. The summed E-state index contributed by atoms with van der Waals surface area (Å²) in [7, 11) is 1.67. The number of benzene rings is 1. The van der Waals surface area contributed by atoms with Crippen LogP contribution in [-0.4, -0.2) is 53.1 Å². The van der Waals surface area contributed by atoms with E-state index in [2.05, 4.69) is 36.9 Å². The molecule has 0 bridgehead atoms. The molecule has 1 fully saturated rings. The van der Waals surface area contributed by atoms with Crippen LogP contribution in [0.2, 0.25) is 0 Å². The van der Waals surface area contributed by atoms with Crippen LogP contribution in [0.4, 0.5) is 11.6 Å². The third kappa shape index (κ3) is 4.56. The van der Waals surface area contributed by atoms with Gasteiger partial charge in [-0.1, -0.05) is 12.1 Å². The van der Waals surface area contributed by atoms with E-state index >= 15 is 0 Å². The number of nitriles is 1. The number of methoxy groups -OCH3 is 1. The molecule has 0 radical (unpaired) electrons. The van der Waals surface area contributed by atoms with E-state index in [1.807, 2.05) is 24.3 Å². The summed E-state index contributed by atoms with van der Waals surface area (Å²) in [6.45, 7) is 2.54. The van der Waals surface area contributed by atoms with Gasteiger partial charge in [0.05, 0.1) is 37.9 Å². The number of anilines is 2. The van der Waals surface area contributed by atoms with E-state index in [0.717, 1.165) is 55.1 Å². The van der Waals surface area contributed by atoms with Crippen molar-refractivity contribution in [2.45, 2.75) is 18.9 Å². The highest BCUT2D eigenvalue weighted by Crippen LogP contribution is 2.34. The number of aromatic amines is 1. The Morgan fingerprint density at radius 2 is 2.23 bits per heavy atom. The topological polar surface area (TPSA) is 121 Å². The van der Waals surface area contributed by atoms with E-state index in [1.54, 1.807) is 7.11 Å². The molecule has 0 aliphatic carbocycles. The molecular formula is C21H23N7O2. The van der Waals surface area contributed by atoms with Crippen molar-refractivity contribution in [1.29, 1.82) is 5.26 Å². The third-order valence-electron chi connectivity index (χ3n) is 4.94. The molecule has 0 amide bonds. The molecule has 4 rings (SSSR count). The average Bonchev–Trinajstić information content (AvgIpc) is 3.26. The van der Waals surface area contributed by atoms with Crippen molar-refractivity contribution in [3.05, 3.63) is 47.9 Å². The lowest BCUT2D eigenvalue weighted by Crippen LogP contribution is -2.38. The van der Waals surface area contributed by atoms with Gasteiger partial charge in [-0.15, -0.1) is 0 Å². The van der Waals surface area contributed by atoms with Crippen LogP contribution in [0.5, 0.6) is 5.75 Å². The van der Waals surface area contributed by atoms with Gasteiger partial charge < -0.3 is 20.1 Å². The number of aromatic nitrogens is 4. The maximum atomic E-state index is 8.84. The molecule has 3 heterocycles. The predicted octanol–water partition coefficient (Wildman–Crippen LogP) is 2.41. The summed E-state index contributed by atoms with van der Waals surface area (Å²) in [6.07, 6.45) is 4.91. The Balaban J connectivity index is 1.54. The molecule has 0 spiro atoms. The highest BCUT2D eigenvalue weighted by Gasteiger charge is 2.18. The SMILES string of the molecule is COc1cccc(CC[C@@H]2CNCCO2)c1-c1cc(Nc2cnc(C#N)cn2)n[nH]1. The monoisotopic (exact) mass is 405 g/mol. The summed E-state index contributed by atoms with van der Waals surface area (Å²) in [6, 6.07) is 9.90. The van der Waals surface area contributed by atoms with Crippen LogP contribution >= 0.6 is 0 Å². The molecular weight excluding hydrogens is 382 g/mol. The Morgan fingerprint density at radius 1 is 1.30 bits per heavy atom. The van der Waals surface area contributed by atoms with Crippen molar-refractivity contribution in [3.8, 4) is 23.1 Å². The second-order valence-corrected chi connectivity index (χ2v) is 6.92. The van der Waals surface area contributed by atoms with Crippen LogP contribution in [0, 0.1) is 11.3 Å². The number of ether oxygens (including phenoxy) is 2. The first kappa shape index (κ1) is 19.8. The quantitative estimate of drug-likeness (QED) is 0.548. The maximum absolute atomic E-state index is 8.84. The standard InChI is InChI=1S/C21H23N7O2/c1-29-18-4-2-3-14(5-6-16-12-23-7-8-30-16)21(18)17-9-19(28-27-17)26-20-13-24-15(10-22)11-25-20/h2-4,9,11,13,16,23H,5-8,12H2,1H3,(H2,25,26,27,28)/t16-/m1/s1. The first-order valence-corrected chi connectivity index (χ1v) is 9.80. The minimum Gasteiger partial charge on any atom is -0.496 e. The molecule has 1 aliphatic heterocycles. The number of hydrogen-bond acceptors (Lipinski definition) is 8. The summed E-state index contributed by atoms with van der Waals surface area (Å²) in [5.74, 6) is 1.89. The zero-order valence-electron chi connectivity index (χ0n) is 16.7. The van der Waals surface area contributed by atoms with Crippen molar-refractivity contribution in [2.24, 2.45) is 0 Å². The minimum atomic E-state index is 0.215. The molecule has 1 aromatic carbocycles. The average molecular weight is 405 g/mol. The van der Waals surface area contributed by atoms with E-state index in [-0.39, 0.29) is 11.8 Å². The van der Waals surface area contributed by atoms with Crippen molar-refractivity contribution >= 4 is 11.6 Å². The molecule has 0 saturated carbocycles. The second-order valence-electron chi connectivity index (χ2n) is 6.92. The number of aryl methyl sites for hydroxylation is 1. The lowest BCUT2D eigenvalue weighted by atomic mass is 9.97. The Kier molecular flexibility index (Phi) is 6.17. The molecule has 1 aliphatic rings. The Labute approximate surface area is 174 Å². The molecule has 154 valence electrons. The van der Waals surface area contributed by atoms with Gasteiger partial charge in [-0.25, -0.2) is 9.97 Å². The van der Waals surface area contributed by atoms with E-state index in [9.17, 15) is 0 Å². The number of morpholine rings is 1. The van der Waals surface area contributed by atoms with Gasteiger partial charge in [0.25, 0.3) is 0 Å². The van der Waals surface area contributed by atoms with Gasteiger partial charge in [0, 0.05) is 24.7 Å². The van der Waals surface area contributed by atoms with Crippen molar-refractivity contribution in [1.82, 2.24) is 25.5 Å². The van der Waals surface area contributed by atoms with Crippen molar-refractivity contribution < 1.29 is 9.47 Å². The van der Waals surface area contributed by atoms with Gasteiger partial charge in [0.1, 0.15) is 17.6 Å². The molecule has 3 N–H and O–H groups in total. The smallest absolute Gasteiger partial charge is 0.158 e. The molecule has 1 saturated heterocycles. The number of H-pyrrole nitrogens is 1. The second kappa shape index (κ2) is 9.35. The van der Waals surface area contributed by atoms with E-state index < -0.39 is 0 Å². The fraction of sp³-hybridized carbons (Fsp3) is 0.333. The fourth-order valence-electron chi connectivity index (χ4n) is 3.48. The predicted molar refractivity (Wildman–Crippen MR) is 112 cm³/mol. The summed E-state index contributed by atoms with van der Waals surface area (Å²) in [5, 5.41) is 22.7. The first-order chi connectivity index (χ1) is 14.8. The number of hydrogen-bond donors (Lipinski definition) is 3. The number of nitrogens with one attached hydrogen (secondary N) is 3. The van der Waals surface area contributed by atoms with Gasteiger partial charge in [-0.05, 0) is 24.5 Å². The Hall–Kier alpha value is -3.48. The molecule has 3 aromatic rings. The highest BCUT2D eigenvalue weighted by molar-refractivity contribution is 5.73. The Bertz CT molecular complexity index is 1020. The molecule has 9 heteroatoms. The lowest BCUT2D eigenvalue weighted by molar-refractivity contribution is 0.0238. The van der Waals surface area contributed by atoms with E-state index in [0.29, 0.717) is 11.6 Å². The number of nitrogens with zero attached hydrogens (tertiary/aromatic N) is 4. The lowest BCUT2D eigenvalue weighted by Gasteiger charge is -2.24. The molecule has 2 aromatic heterocycles. The summed E-state index contributed by atoms with van der Waals surface area (Å²) < 4.78 is 11.5. The van der Waals surface area contributed by atoms with Crippen LogP contribution in [0.15, 0.2) is 36.7 Å². The molecule has 1 atom stereocenters. The maximum Gasteiger partial charge on any atom is 0.158 e. The minimum absolute atomic E-state index is 0.215. The molecule has 0 unspecified atom stereocenters. The largest absolute Gasteiger partial charge is 0.496 e. The van der Waals surface area contributed by atoms with Gasteiger partial charge in [-0.3, -0.25) is 5.10 Å². The van der Waals surface area contributed by atoms with Gasteiger partial charge in [-0.2, -0.15) is 10.4 Å². The van der Waals surface area contributed by atoms with Gasteiger partial charge >= 0.3 is 0 Å². The molecule has 9 nitrogen and oxygen atoms in total. The van der Waals surface area contributed by atoms with Crippen molar-refractivity contribution in [3.63, 3.8) is 0 Å². The number of rotatable bonds is 7. The fourth-order valence-corrected chi connectivity index (χ4v) is 3.48. The third-order valence-corrected chi connectivity index (χ3v) is 4.94. The van der Waals surface area contributed by atoms with Crippen LogP contribution in [-0.2, 0) is 11.2 Å². The summed E-state index contributed by atoms with van der Waals surface area (Å²) in [4.78, 5) is 8.17. The van der Waals surface area contributed by atoms with Crippen molar-refractivity contribution in [2.75, 3.05) is 32.1 Å². The van der Waals surface area contributed by atoms with Crippen LogP contribution in [0.25, 0.3) is 11.3 Å². The Morgan fingerprint density at radius 3 is 2.97 bits per heavy atom. The summed E-state index contributed by atoms with van der Waals surface area (Å²) >= 11 is 0. The van der Waals surface area contributed by atoms with Crippen LogP contribution in [0.3, 0.4) is 0 Å². The highest BCUT2D eigenvalue weighted by atomic mass is 16.5. The van der Waals surface area contributed by atoms with Crippen LogP contribution < -0.4 is 15.4 Å². The zero-order chi connectivity index (χ0) is 20.8. The zero-order valence-corrected chi connectivity index (χ0v) is 16.7. The van der Waals surface area contributed by atoms with Crippen LogP contribution in [0.1, 0.15) is 17.7 Å². The van der Waals surface area contributed by atoms with E-state index in [4.69, 9.17) is 14.7 Å². The van der Waals surface area contributed by atoms with E-state index in [1.165, 1.54) is 12.4 Å². The van der Waals surface area contributed by atoms with Gasteiger partial charge in [0.15, 0.2) is 11.5 Å². The summed E-state index contributed by atoms with van der Waals surface area (Å²) in [5.41, 5.74) is 3.25. The van der Waals surface area contributed by atoms with Gasteiger partial charge in [0.2, 0.25) is 0 Å². The molecule has 30 heavy (non-hydrogen) atoms. The normalized spacial score (nSPS) is 16.1.